The predicted octanol–water partition coefficient (Wildman–Crippen LogP) is 1.97. The van der Waals surface area contributed by atoms with Crippen molar-refractivity contribution in [2.24, 2.45) is 0 Å². The van der Waals surface area contributed by atoms with Crippen LogP contribution < -0.4 is 0 Å². The molecule has 0 spiro atoms. The number of hydrogen-bond acceptors (Lipinski definition) is 4. The van der Waals surface area contributed by atoms with E-state index < -0.39 is 0 Å². The molecule has 1 aliphatic rings. The first kappa shape index (κ1) is 12.9. The molecule has 1 atom stereocenters. The second-order valence-electron chi connectivity index (χ2n) is 5.38. The highest BCUT2D eigenvalue weighted by molar-refractivity contribution is 5.91. The Bertz CT molecular complexity index is 616. The zero-order valence-corrected chi connectivity index (χ0v) is 11.7. The average molecular weight is 274 g/mol. The fraction of sp³-hybridized carbons (Fsp3) is 0.500. The van der Waals surface area contributed by atoms with Crippen LogP contribution in [-0.4, -0.2) is 38.8 Å². The molecule has 0 N–H and O–H groups in total. The van der Waals surface area contributed by atoms with Gasteiger partial charge in [-0.3, -0.25) is 9.48 Å². The molecule has 6 heteroatoms. The first-order valence-electron chi connectivity index (χ1n) is 6.87. The number of amides is 1. The SMILES string of the molecule is Cc1cnn([C@@H]2CCCN(C(=O)c3cc(C)no3)C2)c1. The number of carbonyl (C=O) groups excluding carboxylic acids is 1. The fourth-order valence-corrected chi connectivity index (χ4v) is 2.61. The van der Waals surface area contributed by atoms with E-state index in [1.165, 1.54) is 0 Å². The molecule has 1 amide bonds. The molecule has 0 bridgehead atoms. The van der Waals surface area contributed by atoms with Crippen molar-refractivity contribution in [1.82, 2.24) is 19.8 Å². The van der Waals surface area contributed by atoms with Gasteiger partial charge in [-0.2, -0.15) is 5.10 Å². The molecule has 2 aromatic rings. The van der Waals surface area contributed by atoms with Gasteiger partial charge in [0.2, 0.25) is 5.76 Å². The number of aromatic nitrogens is 3. The summed E-state index contributed by atoms with van der Waals surface area (Å²) in [6.07, 6.45) is 5.89. The normalized spacial score (nSPS) is 19.3. The van der Waals surface area contributed by atoms with Crippen LogP contribution >= 0.6 is 0 Å². The van der Waals surface area contributed by atoms with Gasteiger partial charge >= 0.3 is 0 Å². The van der Waals surface area contributed by atoms with Crippen LogP contribution in [0.25, 0.3) is 0 Å². The Morgan fingerprint density at radius 3 is 2.95 bits per heavy atom. The van der Waals surface area contributed by atoms with E-state index >= 15 is 0 Å². The molecule has 106 valence electrons. The van der Waals surface area contributed by atoms with Crippen molar-refractivity contribution in [1.29, 1.82) is 0 Å². The lowest BCUT2D eigenvalue weighted by atomic mass is 10.1. The van der Waals surface area contributed by atoms with Crippen LogP contribution in [0.5, 0.6) is 0 Å². The van der Waals surface area contributed by atoms with Crippen molar-refractivity contribution in [3.8, 4) is 0 Å². The summed E-state index contributed by atoms with van der Waals surface area (Å²) >= 11 is 0. The minimum Gasteiger partial charge on any atom is -0.351 e. The molecular formula is C14H18N4O2. The average Bonchev–Trinajstić information content (AvgIpc) is 3.07. The number of hydrogen-bond donors (Lipinski definition) is 0. The number of likely N-dealkylation sites (tertiary alicyclic amines) is 1. The molecule has 0 radical (unpaired) electrons. The summed E-state index contributed by atoms with van der Waals surface area (Å²) in [5.74, 6) is 0.235. The lowest BCUT2D eigenvalue weighted by molar-refractivity contribution is 0.0631. The van der Waals surface area contributed by atoms with Crippen molar-refractivity contribution < 1.29 is 9.32 Å². The molecule has 1 aliphatic heterocycles. The highest BCUT2D eigenvalue weighted by atomic mass is 16.5. The van der Waals surface area contributed by atoms with Gasteiger partial charge in [0, 0.05) is 25.4 Å². The Labute approximate surface area is 117 Å². The molecule has 3 heterocycles. The number of aryl methyl sites for hydroxylation is 2. The van der Waals surface area contributed by atoms with E-state index in [0.717, 1.165) is 30.6 Å². The van der Waals surface area contributed by atoms with E-state index in [1.807, 2.05) is 35.8 Å². The van der Waals surface area contributed by atoms with Gasteiger partial charge in [-0.15, -0.1) is 0 Å². The summed E-state index contributed by atoms with van der Waals surface area (Å²) in [5, 5.41) is 8.13. The van der Waals surface area contributed by atoms with Crippen molar-refractivity contribution in [3.05, 3.63) is 35.5 Å². The standard InChI is InChI=1S/C14H18N4O2/c1-10-7-15-18(8-10)12-4-3-5-17(9-12)14(19)13-6-11(2)16-20-13/h6-8,12H,3-5,9H2,1-2H3/t12-/m1/s1. The third-order valence-electron chi connectivity index (χ3n) is 3.63. The quantitative estimate of drug-likeness (QED) is 0.839. The Kier molecular flexibility index (Phi) is 3.30. The lowest BCUT2D eigenvalue weighted by Gasteiger charge is -2.32. The summed E-state index contributed by atoms with van der Waals surface area (Å²) in [4.78, 5) is 14.2. The van der Waals surface area contributed by atoms with E-state index in [4.69, 9.17) is 4.52 Å². The molecular weight excluding hydrogens is 256 g/mol. The van der Waals surface area contributed by atoms with Gasteiger partial charge in [-0.05, 0) is 32.3 Å². The Balaban J connectivity index is 1.73. The molecule has 20 heavy (non-hydrogen) atoms. The maximum Gasteiger partial charge on any atom is 0.292 e. The van der Waals surface area contributed by atoms with Crippen molar-refractivity contribution in [2.75, 3.05) is 13.1 Å². The molecule has 0 saturated carbocycles. The molecule has 1 saturated heterocycles. The zero-order chi connectivity index (χ0) is 14.1. The van der Waals surface area contributed by atoms with Gasteiger partial charge in [-0.1, -0.05) is 5.16 Å². The number of carbonyl (C=O) groups is 1. The third kappa shape index (κ3) is 2.45. The zero-order valence-electron chi connectivity index (χ0n) is 11.7. The van der Waals surface area contributed by atoms with Crippen LogP contribution in [0.3, 0.4) is 0 Å². The van der Waals surface area contributed by atoms with Gasteiger partial charge in [0.05, 0.1) is 17.9 Å². The summed E-state index contributed by atoms with van der Waals surface area (Å²) in [5.41, 5.74) is 1.86. The first-order chi connectivity index (χ1) is 9.63. The maximum atomic E-state index is 12.4. The summed E-state index contributed by atoms with van der Waals surface area (Å²) in [6.45, 7) is 5.26. The summed E-state index contributed by atoms with van der Waals surface area (Å²) in [6, 6.07) is 1.93. The van der Waals surface area contributed by atoms with E-state index in [9.17, 15) is 4.79 Å². The minimum absolute atomic E-state index is 0.0841. The third-order valence-corrected chi connectivity index (χ3v) is 3.63. The number of piperidine rings is 1. The summed E-state index contributed by atoms with van der Waals surface area (Å²) in [7, 11) is 0. The Morgan fingerprint density at radius 2 is 2.30 bits per heavy atom. The first-order valence-corrected chi connectivity index (χ1v) is 6.87. The molecule has 0 unspecified atom stereocenters. The smallest absolute Gasteiger partial charge is 0.292 e. The monoisotopic (exact) mass is 274 g/mol. The second-order valence-corrected chi connectivity index (χ2v) is 5.38. The van der Waals surface area contributed by atoms with E-state index in [0.29, 0.717) is 12.3 Å². The van der Waals surface area contributed by atoms with Crippen LogP contribution in [-0.2, 0) is 0 Å². The number of rotatable bonds is 2. The van der Waals surface area contributed by atoms with Crippen molar-refractivity contribution in [3.63, 3.8) is 0 Å². The maximum absolute atomic E-state index is 12.4. The molecule has 1 fully saturated rings. The largest absolute Gasteiger partial charge is 0.351 e. The predicted molar refractivity (Wildman–Crippen MR) is 72.4 cm³/mol. The van der Waals surface area contributed by atoms with Crippen molar-refractivity contribution in [2.45, 2.75) is 32.7 Å². The van der Waals surface area contributed by atoms with Crippen LogP contribution in [0.2, 0.25) is 0 Å². The van der Waals surface area contributed by atoms with E-state index in [1.54, 1.807) is 6.07 Å². The van der Waals surface area contributed by atoms with Crippen LogP contribution in [0, 0.1) is 13.8 Å². The highest BCUT2D eigenvalue weighted by Gasteiger charge is 2.27. The lowest BCUT2D eigenvalue weighted by Crippen LogP contribution is -2.40. The van der Waals surface area contributed by atoms with Gasteiger partial charge < -0.3 is 9.42 Å². The molecule has 3 rings (SSSR count). The minimum atomic E-state index is -0.0841. The van der Waals surface area contributed by atoms with Gasteiger partial charge in [-0.25, -0.2) is 0 Å². The molecule has 6 nitrogen and oxygen atoms in total. The fourth-order valence-electron chi connectivity index (χ4n) is 2.61. The van der Waals surface area contributed by atoms with Gasteiger partial charge in [0.25, 0.3) is 5.91 Å². The van der Waals surface area contributed by atoms with Gasteiger partial charge in [0.1, 0.15) is 0 Å². The van der Waals surface area contributed by atoms with E-state index in [2.05, 4.69) is 10.3 Å². The Hall–Kier alpha value is -2.11. The van der Waals surface area contributed by atoms with Crippen LogP contribution in [0.15, 0.2) is 23.0 Å². The number of nitrogens with zero attached hydrogens (tertiary/aromatic N) is 4. The second kappa shape index (κ2) is 5.11. The van der Waals surface area contributed by atoms with E-state index in [-0.39, 0.29) is 11.9 Å². The van der Waals surface area contributed by atoms with Crippen molar-refractivity contribution >= 4 is 5.91 Å². The topological polar surface area (TPSA) is 64.2 Å². The summed E-state index contributed by atoms with van der Waals surface area (Å²) < 4.78 is 7.02. The molecule has 2 aromatic heterocycles. The van der Waals surface area contributed by atoms with Gasteiger partial charge in [0.15, 0.2) is 0 Å². The molecule has 0 aromatic carbocycles. The van der Waals surface area contributed by atoms with Crippen LogP contribution in [0.4, 0.5) is 0 Å². The van der Waals surface area contributed by atoms with Crippen LogP contribution in [0.1, 0.15) is 40.7 Å². The molecule has 0 aliphatic carbocycles. The Morgan fingerprint density at radius 1 is 1.45 bits per heavy atom. The highest BCUT2D eigenvalue weighted by Crippen LogP contribution is 2.22.